The van der Waals surface area contributed by atoms with Gasteiger partial charge in [-0.25, -0.2) is 9.97 Å². The minimum absolute atomic E-state index is 0.327. The van der Waals surface area contributed by atoms with E-state index in [0.717, 1.165) is 71.4 Å². The van der Waals surface area contributed by atoms with Crippen LogP contribution in [0.25, 0.3) is 44.7 Å². The van der Waals surface area contributed by atoms with Crippen LogP contribution in [0.5, 0.6) is 5.75 Å². The summed E-state index contributed by atoms with van der Waals surface area (Å²) in [7, 11) is 0. The Bertz CT molecular complexity index is 1660. The van der Waals surface area contributed by atoms with Crippen LogP contribution in [-0.2, 0) is 6.73 Å². The molecule has 0 radical (unpaired) electrons. The maximum atomic E-state index is 6.31. The Balaban J connectivity index is 1.14. The molecule has 2 atom stereocenters. The summed E-state index contributed by atoms with van der Waals surface area (Å²) in [4.78, 5) is 16.4. The highest BCUT2D eigenvalue weighted by Crippen LogP contribution is 2.43. The van der Waals surface area contributed by atoms with Gasteiger partial charge in [0.05, 0.1) is 47.1 Å². The highest BCUT2D eigenvalue weighted by atomic mass is 16.5. The largest absolute Gasteiger partial charge is 0.472 e. The molecule has 2 fully saturated rings. The second kappa shape index (κ2) is 8.58. The standard InChI is InChI=1S/C30H31N7O/c1-17-21-12-18(24-14-33-29(35-24)22-4-2-10-31-22)7-9-26(21)37-16-38-27-13-19(6-8-20(27)28(17)37)25-15-34-30(36-25)23-5-3-11-32-23/h6-9,12-15,22-23,31-32H,2-5,10-11,16H2,1H3,(H,33,35)(H,34,36)/t22-,23-/m0/s1. The average Bonchev–Trinajstić information content (AvgIpc) is 3.78. The molecule has 192 valence electrons. The lowest BCUT2D eigenvalue weighted by Gasteiger charge is -2.22. The molecule has 8 rings (SSSR count). The molecule has 0 bridgehead atoms. The molecule has 5 aromatic rings. The summed E-state index contributed by atoms with van der Waals surface area (Å²) < 4.78 is 8.60. The summed E-state index contributed by atoms with van der Waals surface area (Å²) in [5.41, 5.74) is 9.16. The Morgan fingerprint density at radius 1 is 0.842 bits per heavy atom. The molecule has 8 nitrogen and oxygen atoms in total. The van der Waals surface area contributed by atoms with Crippen molar-refractivity contribution in [3.63, 3.8) is 0 Å². The lowest BCUT2D eigenvalue weighted by Crippen LogP contribution is -2.14. The number of aromatic nitrogens is 5. The fourth-order valence-corrected chi connectivity index (χ4v) is 6.47. The van der Waals surface area contributed by atoms with Gasteiger partial charge < -0.3 is 29.9 Å². The van der Waals surface area contributed by atoms with E-state index in [1.54, 1.807) is 0 Å². The summed E-state index contributed by atoms with van der Waals surface area (Å²) in [6, 6.07) is 13.8. The Morgan fingerprint density at radius 3 is 2.16 bits per heavy atom. The molecule has 2 saturated heterocycles. The first kappa shape index (κ1) is 22.1. The molecule has 4 N–H and O–H groups in total. The van der Waals surface area contributed by atoms with Crippen LogP contribution in [0.4, 0.5) is 0 Å². The Morgan fingerprint density at radius 2 is 1.50 bits per heavy atom. The Kier molecular flexibility index (Phi) is 5.00. The van der Waals surface area contributed by atoms with E-state index in [0.29, 0.717) is 18.8 Å². The number of benzene rings is 2. The molecule has 0 saturated carbocycles. The number of fused-ring (bicyclic) bond motifs is 5. The van der Waals surface area contributed by atoms with Crippen LogP contribution in [0.15, 0.2) is 48.8 Å². The van der Waals surface area contributed by atoms with Crippen molar-refractivity contribution in [2.75, 3.05) is 13.1 Å². The lowest BCUT2D eigenvalue weighted by atomic mass is 10.0. The van der Waals surface area contributed by atoms with Crippen molar-refractivity contribution in [1.82, 2.24) is 35.1 Å². The number of hydrogen-bond acceptors (Lipinski definition) is 5. The number of ether oxygens (including phenoxy) is 1. The molecule has 3 aliphatic heterocycles. The molecule has 6 heterocycles. The first-order valence-electron chi connectivity index (χ1n) is 13.7. The van der Waals surface area contributed by atoms with E-state index in [4.69, 9.17) is 4.74 Å². The van der Waals surface area contributed by atoms with E-state index in [2.05, 4.69) is 78.5 Å². The zero-order chi connectivity index (χ0) is 25.2. The number of imidazole rings is 2. The molecule has 0 unspecified atom stereocenters. The Labute approximate surface area is 220 Å². The van der Waals surface area contributed by atoms with E-state index >= 15 is 0 Å². The van der Waals surface area contributed by atoms with Crippen molar-refractivity contribution in [2.45, 2.75) is 51.4 Å². The molecule has 3 aliphatic rings. The molecule has 8 heteroatoms. The van der Waals surface area contributed by atoms with Crippen molar-refractivity contribution in [3.05, 3.63) is 66.0 Å². The van der Waals surface area contributed by atoms with Gasteiger partial charge in [-0.1, -0.05) is 12.1 Å². The molecule has 2 aromatic carbocycles. The topological polar surface area (TPSA) is 95.6 Å². The van der Waals surface area contributed by atoms with Crippen LogP contribution in [0.2, 0.25) is 0 Å². The average molecular weight is 506 g/mol. The van der Waals surface area contributed by atoms with Gasteiger partial charge in [0.1, 0.15) is 17.4 Å². The van der Waals surface area contributed by atoms with Gasteiger partial charge in [-0.2, -0.15) is 0 Å². The maximum absolute atomic E-state index is 6.31. The van der Waals surface area contributed by atoms with Gasteiger partial charge in [-0.15, -0.1) is 0 Å². The highest BCUT2D eigenvalue weighted by Gasteiger charge is 2.25. The zero-order valence-corrected chi connectivity index (χ0v) is 21.5. The van der Waals surface area contributed by atoms with Gasteiger partial charge in [-0.3, -0.25) is 0 Å². The number of aryl methyl sites for hydroxylation is 1. The van der Waals surface area contributed by atoms with E-state index in [1.165, 1.54) is 35.0 Å². The van der Waals surface area contributed by atoms with Crippen LogP contribution >= 0.6 is 0 Å². The second-order valence-electron chi connectivity index (χ2n) is 10.8. The third-order valence-electron chi connectivity index (χ3n) is 8.50. The first-order chi connectivity index (χ1) is 18.7. The smallest absolute Gasteiger partial charge is 0.165 e. The minimum Gasteiger partial charge on any atom is -0.472 e. The molecule has 0 aliphatic carbocycles. The summed E-state index contributed by atoms with van der Waals surface area (Å²) in [5, 5.41) is 8.29. The maximum Gasteiger partial charge on any atom is 0.165 e. The van der Waals surface area contributed by atoms with Gasteiger partial charge in [0, 0.05) is 22.1 Å². The van der Waals surface area contributed by atoms with Gasteiger partial charge >= 0.3 is 0 Å². The molecule has 0 amide bonds. The highest BCUT2D eigenvalue weighted by molar-refractivity contribution is 5.95. The molecular formula is C30H31N7O. The molecular weight excluding hydrogens is 474 g/mol. The monoisotopic (exact) mass is 505 g/mol. The van der Waals surface area contributed by atoms with E-state index in [-0.39, 0.29) is 0 Å². The normalized spacial score (nSPS) is 20.6. The summed E-state index contributed by atoms with van der Waals surface area (Å²) >= 11 is 0. The van der Waals surface area contributed by atoms with Crippen LogP contribution in [0, 0.1) is 6.92 Å². The third-order valence-corrected chi connectivity index (χ3v) is 8.50. The van der Waals surface area contributed by atoms with Crippen LogP contribution in [-0.4, -0.2) is 37.6 Å². The fourth-order valence-electron chi connectivity index (χ4n) is 6.47. The fraction of sp³-hybridized carbons (Fsp3) is 0.333. The van der Waals surface area contributed by atoms with Gasteiger partial charge in [0.2, 0.25) is 0 Å². The van der Waals surface area contributed by atoms with Gasteiger partial charge in [-0.05, 0) is 75.5 Å². The molecule has 3 aromatic heterocycles. The van der Waals surface area contributed by atoms with Crippen molar-refractivity contribution in [1.29, 1.82) is 0 Å². The summed E-state index contributed by atoms with van der Waals surface area (Å²) in [6.07, 6.45) is 8.57. The van der Waals surface area contributed by atoms with Crippen LogP contribution in [0.1, 0.15) is 55.0 Å². The minimum atomic E-state index is 0.327. The number of nitrogens with zero attached hydrogens (tertiary/aromatic N) is 3. The van der Waals surface area contributed by atoms with E-state index in [1.807, 2.05) is 12.4 Å². The summed E-state index contributed by atoms with van der Waals surface area (Å²) in [5.74, 6) is 2.97. The predicted octanol–water partition coefficient (Wildman–Crippen LogP) is 5.60. The van der Waals surface area contributed by atoms with E-state index < -0.39 is 0 Å². The van der Waals surface area contributed by atoms with Gasteiger partial charge in [0.25, 0.3) is 0 Å². The molecule has 38 heavy (non-hydrogen) atoms. The third kappa shape index (κ3) is 3.44. The zero-order valence-electron chi connectivity index (χ0n) is 21.5. The Hall–Kier alpha value is -3.88. The van der Waals surface area contributed by atoms with Crippen molar-refractivity contribution in [3.8, 4) is 39.5 Å². The lowest BCUT2D eigenvalue weighted by molar-refractivity contribution is 0.235. The summed E-state index contributed by atoms with van der Waals surface area (Å²) in [6.45, 7) is 4.84. The predicted molar refractivity (Wildman–Crippen MR) is 148 cm³/mol. The van der Waals surface area contributed by atoms with Crippen molar-refractivity contribution in [2.24, 2.45) is 0 Å². The van der Waals surface area contributed by atoms with Crippen LogP contribution in [0.3, 0.4) is 0 Å². The second-order valence-corrected chi connectivity index (χ2v) is 10.8. The quantitative estimate of drug-likeness (QED) is 0.255. The number of nitrogens with one attached hydrogen (secondary N) is 4. The van der Waals surface area contributed by atoms with Gasteiger partial charge in [0.15, 0.2) is 6.73 Å². The molecule has 0 spiro atoms. The SMILES string of the molecule is Cc1c2n(c3ccc(-c4cnc([C@@H]5CCCN5)[nH]4)cc13)COc1cc(-c3cnc([C@@H]4CCCN4)[nH]3)ccc1-2. The number of hydrogen-bond donors (Lipinski definition) is 4. The first-order valence-corrected chi connectivity index (χ1v) is 13.7. The van der Waals surface area contributed by atoms with E-state index in [9.17, 15) is 0 Å². The number of H-pyrrole nitrogens is 2. The van der Waals surface area contributed by atoms with Crippen molar-refractivity contribution < 1.29 is 4.74 Å². The number of rotatable bonds is 4. The number of aromatic amines is 2. The van der Waals surface area contributed by atoms with Crippen LogP contribution < -0.4 is 15.4 Å². The van der Waals surface area contributed by atoms with Crippen molar-refractivity contribution >= 4 is 10.9 Å².